The SMILES string of the molecule is CCc1c[n+](C(C)C)c(O)nc1O. The van der Waals surface area contributed by atoms with Gasteiger partial charge in [-0.25, -0.2) is 0 Å². The Morgan fingerprint density at radius 3 is 2.54 bits per heavy atom. The van der Waals surface area contributed by atoms with Crippen molar-refractivity contribution in [2.24, 2.45) is 0 Å². The molecule has 4 heteroatoms. The molecule has 4 nitrogen and oxygen atoms in total. The number of hydrogen-bond acceptors (Lipinski definition) is 3. The van der Waals surface area contributed by atoms with Crippen LogP contribution in [0.5, 0.6) is 11.9 Å². The van der Waals surface area contributed by atoms with E-state index in [1.54, 1.807) is 10.8 Å². The molecule has 0 saturated heterocycles. The molecule has 0 fully saturated rings. The van der Waals surface area contributed by atoms with Crippen LogP contribution in [-0.4, -0.2) is 15.2 Å². The Morgan fingerprint density at radius 1 is 1.46 bits per heavy atom. The summed E-state index contributed by atoms with van der Waals surface area (Å²) in [6.07, 6.45) is 2.42. The highest BCUT2D eigenvalue weighted by Gasteiger charge is 2.19. The van der Waals surface area contributed by atoms with Gasteiger partial charge in [0.1, 0.15) is 6.20 Å². The highest BCUT2D eigenvalue weighted by molar-refractivity contribution is 5.20. The summed E-state index contributed by atoms with van der Waals surface area (Å²) in [6, 6.07) is -0.0110. The molecule has 0 amide bonds. The van der Waals surface area contributed by atoms with Crippen molar-refractivity contribution in [1.29, 1.82) is 0 Å². The Morgan fingerprint density at radius 2 is 2.08 bits per heavy atom. The second-order valence-corrected chi connectivity index (χ2v) is 3.24. The lowest BCUT2D eigenvalue weighted by Crippen LogP contribution is -2.37. The Hall–Kier alpha value is -1.32. The summed E-state index contributed by atoms with van der Waals surface area (Å²) in [5.41, 5.74) is 0.742. The maximum absolute atomic E-state index is 9.37. The van der Waals surface area contributed by atoms with Gasteiger partial charge >= 0.3 is 11.9 Å². The van der Waals surface area contributed by atoms with E-state index in [1.807, 2.05) is 20.8 Å². The second-order valence-electron chi connectivity index (χ2n) is 3.24. The molecule has 0 saturated carbocycles. The molecule has 1 aromatic heterocycles. The smallest absolute Gasteiger partial charge is 0.475 e. The highest BCUT2D eigenvalue weighted by atomic mass is 16.3. The van der Waals surface area contributed by atoms with Crippen LogP contribution in [0.1, 0.15) is 32.4 Å². The quantitative estimate of drug-likeness (QED) is 0.670. The molecule has 0 spiro atoms. The number of hydrogen-bond donors (Lipinski definition) is 2. The van der Waals surface area contributed by atoms with Gasteiger partial charge in [-0.3, -0.25) is 0 Å². The van der Waals surface area contributed by atoms with Crippen LogP contribution in [0.25, 0.3) is 0 Å². The first-order valence-corrected chi connectivity index (χ1v) is 4.39. The Labute approximate surface area is 77.5 Å². The molecule has 1 aromatic rings. The van der Waals surface area contributed by atoms with Crippen molar-refractivity contribution in [3.05, 3.63) is 11.8 Å². The lowest BCUT2D eigenvalue weighted by atomic mass is 10.2. The van der Waals surface area contributed by atoms with Crippen LogP contribution in [0.15, 0.2) is 6.20 Å². The van der Waals surface area contributed by atoms with Gasteiger partial charge in [0.15, 0.2) is 0 Å². The van der Waals surface area contributed by atoms with Gasteiger partial charge in [0, 0.05) is 4.98 Å². The van der Waals surface area contributed by atoms with E-state index in [4.69, 9.17) is 0 Å². The maximum atomic E-state index is 9.37. The van der Waals surface area contributed by atoms with Gasteiger partial charge in [-0.2, -0.15) is 4.57 Å². The third-order valence-corrected chi connectivity index (χ3v) is 1.96. The molecule has 1 rings (SSSR count). The van der Waals surface area contributed by atoms with Crippen LogP contribution in [0.2, 0.25) is 0 Å². The standard InChI is InChI=1S/C9H14N2O2/c1-4-7-5-11(6(2)3)9(13)10-8(7)12/h5-6H,4H2,1-3H3,(H,10,12,13)/p+1. The van der Waals surface area contributed by atoms with E-state index in [2.05, 4.69) is 4.98 Å². The predicted octanol–water partition coefficient (Wildman–Crippen LogP) is 0.924. The van der Waals surface area contributed by atoms with Crippen LogP contribution in [0.4, 0.5) is 0 Å². The zero-order chi connectivity index (χ0) is 10.0. The predicted molar refractivity (Wildman–Crippen MR) is 47.5 cm³/mol. The number of rotatable bonds is 2. The van der Waals surface area contributed by atoms with Crippen LogP contribution >= 0.6 is 0 Å². The number of nitrogens with zero attached hydrogens (tertiary/aromatic N) is 2. The van der Waals surface area contributed by atoms with Crippen LogP contribution in [0, 0.1) is 0 Å². The summed E-state index contributed by atoms with van der Waals surface area (Å²) in [4.78, 5) is 3.64. The molecule has 0 aromatic carbocycles. The summed E-state index contributed by atoms with van der Waals surface area (Å²) in [7, 11) is 0. The Balaban J connectivity index is 3.22. The van der Waals surface area contributed by atoms with E-state index >= 15 is 0 Å². The van der Waals surface area contributed by atoms with Crippen LogP contribution in [0.3, 0.4) is 0 Å². The van der Waals surface area contributed by atoms with E-state index in [9.17, 15) is 10.2 Å². The summed E-state index contributed by atoms with van der Waals surface area (Å²) >= 11 is 0. The van der Waals surface area contributed by atoms with E-state index in [1.165, 1.54) is 0 Å². The molecule has 0 bridgehead atoms. The molecule has 72 valence electrons. The lowest BCUT2D eigenvalue weighted by Gasteiger charge is -2.05. The first-order valence-electron chi connectivity index (χ1n) is 4.39. The number of aromatic hydroxyl groups is 2. The maximum Gasteiger partial charge on any atom is 0.499 e. The second kappa shape index (κ2) is 3.60. The Kier molecular flexibility index (Phi) is 2.70. The third kappa shape index (κ3) is 1.88. The Bertz CT molecular complexity index is 311. The van der Waals surface area contributed by atoms with E-state index in [-0.39, 0.29) is 17.9 Å². The normalized spacial score (nSPS) is 10.8. The zero-order valence-corrected chi connectivity index (χ0v) is 8.15. The van der Waals surface area contributed by atoms with Gasteiger partial charge in [-0.05, 0) is 20.3 Å². The minimum atomic E-state index is -0.148. The van der Waals surface area contributed by atoms with Gasteiger partial charge in [0.25, 0.3) is 0 Å². The monoisotopic (exact) mass is 183 g/mol. The zero-order valence-electron chi connectivity index (χ0n) is 8.15. The van der Waals surface area contributed by atoms with Crippen LogP contribution < -0.4 is 4.57 Å². The van der Waals surface area contributed by atoms with Gasteiger partial charge in [0.05, 0.1) is 11.6 Å². The molecule has 0 unspecified atom stereocenters. The summed E-state index contributed by atoms with van der Waals surface area (Å²) in [5, 5.41) is 18.7. The van der Waals surface area contributed by atoms with Crippen molar-refractivity contribution in [2.45, 2.75) is 33.2 Å². The topological polar surface area (TPSA) is 57.2 Å². The molecule has 1 heterocycles. The first kappa shape index (κ1) is 9.77. The molecular formula is C9H15N2O2+. The van der Waals surface area contributed by atoms with E-state index in [0.717, 1.165) is 5.56 Å². The van der Waals surface area contributed by atoms with Crippen LogP contribution in [-0.2, 0) is 6.42 Å². The first-order chi connectivity index (χ1) is 6.06. The van der Waals surface area contributed by atoms with Crippen molar-refractivity contribution < 1.29 is 14.8 Å². The summed E-state index contributed by atoms with van der Waals surface area (Å²) in [5.74, 6) is -0.0862. The van der Waals surface area contributed by atoms with Gasteiger partial charge in [-0.15, -0.1) is 0 Å². The molecule has 0 aliphatic heterocycles. The largest absolute Gasteiger partial charge is 0.499 e. The van der Waals surface area contributed by atoms with Crippen molar-refractivity contribution in [2.75, 3.05) is 0 Å². The minimum absolute atomic E-state index is 0.0862. The number of aromatic nitrogens is 2. The molecular weight excluding hydrogens is 168 g/mol. The fraction of sp³-hybridized carbons (Fsp3) is 0.556. The van der Waals surface area contributed by atoms with Crippen molar-refractivity contribution >= 4 is 0 Å². The third-order valence-electron chi connectivity index (χ3n) is 1.96. The summed E-state index contributed by atoms with van der Waals surface area (Å²) < 4.78 is 1.62. The molecule has 2 N–H and O–H groups in total. The fourth-order valence-corrected chi connectivity index (χ4v) is 1.14. The van der Waals surface area contributed by atoms with Gasteiger partial charge in [-0.1, -0.05) is 6.92 Å². The van der Waals surface area contributed by atoms with Crippen molar-refractivity contribution in [1.82, 2.24) is 4.98 Å². The van der Waals surface area contributed by atoms with Crippen molar-refractivity contribution in [3.8, 4) is 11.9 Å². The van der Waals surface area contributed by atoms with Crippen molar-refractivity contribution in [3.63, 3.8) is 0 Å². The fourth-order valence-electron chi connectivity index (χ4n) is 1.14. The number of aryl methyl sites for hydroxylation is 1. The van der Waals surface area contributed by atoms with Gasteiger partial charge < -0.3 is 10.2 Å². The molecule has 0 atom stereocenters. The molecule has 0 aliphatic carbocycles. The van der Waals surface area contributed by atoms with Gasteiger partial charge in [0.2, 0.25) is 0 Å². The molecule has 13 heavy (non-hydrogen) atoms. The summed E-state index contributed by atoms with van der Waals surface area (Å²) in [6.45, 7) is 5.81. The molecule has 0 radical (unpaired) electrons. The lowest BCUT2D eigenvalue weighted by molar-refractivity contribution is -0.724. The average molecular weight is 183 g/mol. The molecule has 0 aliphatic rings. The van der Waals surface area contributed by atoms with E-state index in [0.29, 0.717) is 6.42 Å². The minimum Gasteiger partial charge on any atom is -0.475 e. The average Bonchev–Trinajstić information content (AvgIpc) is 2.03. The van der Waals surface area contributed by atoms with E-state index < -0.39 is 0 Å². The highest BCUT2D eigenvalue weighted by Crippen LogP contribution is 2.15.